The monoisotopic (exact) mass is 524 g/mol. The van der Waals surface area contributed by atoms with Gasteiger partial charge in [0, 0.05) is 32.7 Å². The lowest BCUT2D eigenvalue weighted by Gasteiger charge is -2.33. The predicted octanol–water partition coefficient (Wildman–Crippen LogP) is 3.75. The van der Waals surface area contributed by atoms with Gasteiger partial charge in [-0.25, -0.2) is 0 Å². The van der Waals surface area contributed by atoms with Crippen LogP contribution in [-0.4, -0.2) is 45.3 Å². The first-order valence-electron chi connectivity index (χ1n) is 9.69. The summed E-state index contributed by atoms with van der Waals surface area (Å²) in [5.41, 5.74) is 1.25. The van der Waals surface area contributed by atoms with Crippen LogP contribution in [0, 0.1) is 12.3 Å². The Labute approximate surface area is 195 Å². The molecule has 1 aliphatic heterocycles. The van der Waals surface area contributed by atoms with Crippen LogP contribution in [0.2, 0.25) is 0 Å². The second-order valence-corrected chi connectivity index (χ2v) is 7.67. The molecule has 1 fully saturated rings. The highest BCUT2D eigenvalue weighted by Crippen LogP contribution is 2.24. The van der Waals surface area contributed by atoms with E-state index in [9.17, 15) is 0 Å². The SMILES string of the molecule is C#CCOc1ccc(CCNC(=NC)NC2CCN(c3cccs3)CC2)cc1.I. The van der Waals surface area contributed by atoms with Gasteiger partial charge in [-0.15, -0.1) is 41.7 Å². The summed E-state index contributed by atoms with van der Waals surface area (Å²) in [6, 6.07) is 12.9. The fourth-order valence-corrected chi connectivity index (χ4v) is 4.07. The molecule has 0 unspecified atom stereocenters. The zero-order valence-corrected chi connectivity index (χ0v) is 19.9. The van der Waals surface area contributed by atoms with Crippen molar-refractivity contribution in [2.45, 2.75) is 25.3 Å². The maximum Gasteiger partial charge on any atom is 0.191 e. The Balaban J connectivity index is 0.00000300. The molecule has 2 heterocycles. The number of rotatable bonds is 7. The average molecular weight is 524 g/mol. The number of nitrogens with one attached hydrogen (secondary N) is 2. The normalized spacial score (nSPS) is 14.6. The van der Waals surface area contributed by atoms with Crippen LogP contribution in [0.5, 0.6) is 5.75 Å². The Morgan fingerprint density at radius 3 is 2.66 bits per heavy atom. The van der Waals surface area contributed by atoms with E-state index in [0.717, 1.165) is 50.6 Å². The van der Waals surface area contributed by atoms with Gasteiger partial charge in [0.1, 0.15) is 12.4 Å². The Bertz CT molecular complexity index is 778. The molecule has 1 aromatic carbocycles. The Morgan fingerprint density at radius 1 is 1.28 bits per heavy atom. The molecule has 1 aromatic heterocycles. The summed E-state index contributed by atoms with van der Waals surface area (Å²) in [6.07, 6.45) is 8.38. The van der Waals surface area contributed by atoms with Crippen molar-refractivity contribution in [1.29, 1.82) is 0 Å². The average Bonchev–Trinajstić information content (AvgIpc) is 3.28. The van der Waals surface area contributed by atoms with Crippen LogP contribution in [0.25, 0.3) is 0 Å². The van der Waals surface area contributed by atoms with E-state index < -0.39 is 0 Å². The topological polar surface area (TPSA) is 48.9 Å². The predicted molar refractivity (Wildman–Crippen MR) is 134 cm³/mol. The minimum absolute atomic E-state index is 0. The molecule has 0 saturated carbocycles. The van der Waals surface area contributed by atoms with Crippen molar-refractivity contribution in [3.8, 4) is 18.1 Å². The van der Waals surface area contributed by atoms with Gasteiger partial charge in [-0.05, 0) is 54.5 Å². The van der Waals surface area contributed by atoms with Crippen molar-refractivity contribution < 1.29 is 4.74 Å². The van der Waals surface area contributed by atoms with Gasteiger partial charge in [0.05, 0.1) is 5.00 Å². The van der Waals surface area contributed by atoms with Crippen LogP contribution in [0.1, 0.15) is 18.4 Å². The van der Waals surface area contributed by atoms with E-state index in [-0.39, 0.29) is 24.0 Å². The van der Waals surface area contributed by atoms with Crippen molar-refractivity contribution in [2.75, 3.05) is 38.2 Å². The van der Waals surface area contributed by atoms with Crippen LogP contribution in [-0.2, 0) is 6.42 Å². The van der Waals surface area contributed by atoms with Crippen LogP contribution < -0.4 is 20.3 Å². The number of hydrogen-bond acceptors (Lipinski definition) is 4. The number of anilines is 1. The molecular formula is C22H29IN4OS. The van der Waals surface area contributed by atoms with Gasteiger partial charge >= 0.3 is 0 Å². The molecule has 1 aliphatic rings. The maximum atomic E-state index is 5.40. The summed E-state index contributed by atoms with van der Waals surface area (Å²) >= 11 is 1.82. The molecule has 156 valence electrons. The lowest BCUT2D eigenvalue weighted by molar-refractivity contribution is 0.370. The largest absolute Gasteiger partial charge is 0.481 e. The number of guanidine groups is 1. The van der Waals surface area contributed by atoms with E-state index in [0.29, 0.717) is 12.6 Å². The third-order valence-corrected chi connectivity index (χ3v) is 5.76. The zero-order valence-electron chi connectivity index (χ0n) is 16.8. The summed E-state index contributed by atoms with van der Waals surface area (Å²) in [5.74, 6) is 4.16. The van der Waals surface area contributed by atoms with Crippen molar-refractivity contribution in [3.05, 3.63) is 47.3 Å². The standard InChI is InChI=1S/C22H28N4OS.HI/c1-3-16-27-20-8-6-18(7-9-20)10-13-24-22(23-2)25-19-11-14-26(15-12-19)21-5-4-17-28-21;/h1,4-9,17,19H,10-16H2,2H3,(H2,23,24,25);1H. The molecule has 0 bridgehead atoms. The number of nitrogens with zero attached hydrogens (tertiary/aromatic N) is 2. The molecule has 5 nitrogen and oxygen atoms in total. The Kier molecular flexibility index (Phi) is 10.2. The number of piperidine rings is 1. The fraction of sp³-hybridized carbons (Fsp3) is 0.409. The third-order valence-electron chi connectivity index (χ3n) is 4.83. The molecule has 0 spiro atoms. The lowest BCUT2D eigenvalue weighted by Crippen LogP contribution is -2.49. The first kappa shape index (κ1) is 23.4. The first-order chi connectivity index (χ1) is 13.8. The van der Waals surface area contributed by atoms with Gasteiger partial charge in [-0.2, -0.15) is 0 Å². The van der Waals surface area contributed by atoms with E-state index in [4.69, 9.17) is 11.2 Å². The van der Waals surface area contributed by atoms with Gasteiger partial charge in [-0.1, -0.05) is 18.1 Å². The quantitative estimate of drug-likeness (QED) is 0.251. The molecule has 0 amide bonds. The molecule has 2 aromatic rings. The zero-order chi connectivity index (χ0) is 19.6. The third kappa shape index (κ3) is 7.44. The van der Waals surface area contributed by atoms with Gasteiger partial charge in [0.25, 0.3) is 0 Å². The first-order valence-corrected chi connectivity index (χ1v) is 10.6. The van der Waals surface area contributed by atoms with Crippen LogP contribution >= 0.6 is 35.3 Å². The minimum Gasteiger partial charge on any atom is -0.481 e. The van der Waals surface area contributed by atoms with Crippen LogP contribution in [0.4, 0.5) is 5.00 Å². The molecule has 0 radical (unpaired) electrons. The molecule has 7 heteroatoms. The second-order valence-electron chi connectivity index (χ2n) is 6.74. The molecule has 29 heavy (non-hydrogen) atoms. The molecule has 3 rings (SSSR count). The molecule has 1 saturated heterocycles. The van der Waals surface area contributed by atoms with E-state index in [1.54, 1.807) is 0 Å². The molecule has 0 aliphatic carbocycles. The molecular weight excluding hydrogens is 495 g/mol. The van der Waals surface area contributed by atoms with E-state index in [1.165, 1.54) is 10.6 Å². The number of terminal acetylenes is 1. The fourth-order valence-electron chi connectivity index (χ4n) is 3.28. The Hall–Kier alpha value is -1.92. The number of aliphatic imine (C=N–C) groups is 1. The van der Waals surface area contributed by atoms with E-state index >= 15 is 0 Å². The van der Waals surface area contributed by atoms with Gasteiger partial charge < -0.3 is 20.3 Å². The minimum atomic E-state index is 0. The number of halogens is 1. The summed E-state index contributed by atoms with van der Waals surface area (Å²) in [7, 11) is 1.83. The van der Waals surface area contributed by atoms with Gasteiger partial charge in [0.15, 0.2) is 5.96 Å². The van der Waals surface area contributed by atoms with Crippen molar-refractivity contribution in [2.24, 2.45) is 4.99 Å². The molecule has 2 N–H and O–H groups in total. The number of thiophene rings is 1. The summed E-state index contributed by atoms with van der Waals surface area (Å²) in [5, 5.41) is 10.5. The number of benzene rings is 1. The number of ether oxygens (including phenoxy) is 1. The summed E-state index contributed by atoms with van der Waals surface area (Å²) < 4.78 is 5.40. The molecule has 0 atom stereocenters. The van der Waals surface area contributed by atoms with Gasteiger partial charge in [0.2, 0.25) is 0 Å². The highest BCUT2D eigenvalue weighted by molar-refractivity contribution is 14.0. The van der Waals surface area contributed by atoms with Crippen LogP contribution in [0.15, 0.2) is 46.8 Å². The van der Waals surface area contributed by atoms with Gasteiger partial charge in [-0.3, -0.25) is 4.99 Å². The van der Waals surface area contributed by atoms with Crippen molar-refractivity contribution in [1.82, 2.24) is 10.6 Å². The smallest absolute Gasteiger partial charge is 0.191 e. The summed E-state index contributed by atoms with van der Waals surface area (Å²) in [4.78, 5) is 6.84. The maximum absolute atomic E-state index is 5.40. The Morgan fingerprint density at radius 2 is 2.03 bits per heavy atom. The lowest BCUT2D eigenvalue weighted by atomic mass is 10.1. The van der Waals surface area contributed by atoms with Crippen molar-refractivity contribution >= 4 is 46.3 Å². The van der Waals surface area contributed by atoms with Crippen molar-refractivity contribution in [3.63, 3.8) is 0 Å². The second kappa shape index (κ2) is 12.6. The number of hydrogen-bond donors (Lipinski definition) is 2. The van der Waals surface area contributed by atoms with E-state index in [1.807, 2.05) is 30.5 Å². The van der Waals surface area contributed by atoms with Crippen LogP contribution in [0.3, 0.4) is 0 Å². The highest BCUT2D eigenvalue weighted by Gasteiger charge is 2.20. The van der Waals surface area contributed by atoms with E-state index in [2.05, 4.69) is 56.1 Å². The highest BCUT2D eigenvalue weighted by atomic mass is 127. The summed E-state index contributed by atoms with van der Waals surface area (Å²) in [6.45, 7) is 3.31.